The van der Waals surface area contributed by atoms with E-state index in [1.54, 1.807) is 21.9 Å². The van der Waals surface area contributed by atoms with Crippen molar-refractivity contribution in [2.45, 2.75) is 6.54 Å². The van der Waals surface area contributed by atoms with Gasteiger partial charge >= 0.3 is 6.03 Å². The average molecular weight is 420 g/mol. The van der Waals surface area contributed by atoms with Crippen LogP contribution < -0.4 is 5.32 Å². The van der Waals surface area contributed by atoms with Gasteiger partial charge in [0.25, 0.3) is 5.91 Å². The molecule has 1 aliphatic heterocycles. The van der Waals surface area contributed by atoms with Gasteiger partial charge in [0, 0.05) is 37.2 Å². The van der Waals surface area contributed by atoms with Crippen LogP contribution in [0.5, 0.6) is 0 Å². The highest BCUT2D eigenvalue weighted by molar-refractivity contribution is 9.10. The largest absolute Gasteiger partial charge is 0.335 e. The number of carbonyl (C=O) groups excluding carboxylic acids is 2. The van der Waals surface area contributed by atoms with Crippen molar-refractivity contribution in [1.29, 1.82) is 0 Å². The Labute approximate surface area is 159 Å². The Morgan fingerprint density at radius 3 is 2.23 bits per heavy atom. The molecule has 7 heteroatoms. The molecule has 0 unspecified atom stereocenters. The summed E-state index contributed by atoms with van der Waals surface area (Å²) in [6, 6.07) is 13.5. The fourth-order valence-electron chi connectivity index (χ4n) is 2.81. The van der Waals surface area contributed by atoms with Crippen molar-refractivity contribution in [1.82, 2.24) is 15.1 Å². The Kier molecular flexibility index (Phi) is 5.88. The lowest BCUT2D eigenvalue weighted by Crippen LogP contribution is -2.53. The van der Waals surface area contributed by atoms with Crippen molar-refractivity contribution < 1.29 is 14.0 Å². The molecule has 3 amide bonds. The van der Waals surface area contributed by atoms with Crippen LogP contribution in [0.1, 0.15) is 15.9 Å². The van der Waals surface area contributed by atoms with Crippen LogP contribution in [0, 0.1) is 5.82 Å². The molecule has 2 aromatic rings. The number of rotatable bonds is 3. The smallest absolute Gasteiger partial charge is 0.317 e. The van der Waals surface area contributed by atoms with Crippen LogP contribution in [0.2, 0.25) is 0 Å². The first-order valence-corrected chi connectivity index (χ1v) is 9.15. The highest BCUT2D eigenvalue weighted by atomic mass is 79.9. The number of halogens is 2. The lowest BCUT2D eigenvalue weighted by Gasteiger charge is -2.34. The number of hydrogen-bond acceptors (Lipinski definition) is 2. The van der Waals surface area contributed by atoms with Crippen molar-refractivity contribution >= 4 is 27.9 Å². The van der Waals surface area contributed by atoms with E-state index in [1.165, 1.54) is 12.1 Å². The van der Waals surface area contributed by atoms with Gasteiger partial charge in [0.2, 0.25) is 0 Å². The van der Waals surface area contributed by atoms with Crippen LogP contribution in [0.4, 0.5) is 9.18 Å². The summed E-state index contributed by atoms with van der Waals surface area (Å²) in [6.45, 7) is 2.07. The summed E-state index contributed by atoms with van der Waals surface area (Å²) in [7, 11) is 0. The number of hydrogen-bond donors (Lipinski definition) is 1. The molecule has 0 bridgehead atoms. The van der Waals surface area contributed by atoms with Crippen molar-refractivity contribution in [3.63, 3.8) is 0 Å². The maximum atomic E-state index is 13.8. The zero-order chi connectivity index (χ0) is 18.5. The van der Waals surface area contributed by atoms with Crippen LogP contribution in [0.3, 0.4) is 0 Å². The van der Waals surface area contributed by atoms with Gasteiger partial charge in [0.05, 0.1) is 5.56 Å². The Balaban J connectivity index is 1.50. The number of benzene rings is 2. The van der Waals surface area contributed by atoms with Gasteiger partial charge in [0.15, 0.2) is 0 Å². The predicted octanol–water partition coefficient (Wildman–Crippen LogP) is 3.26. The molecule has 1 fully saturated rings. The summed E-state index contributed by atoms with van der Waals surface area (Å²) in [5.41, 5.74) is 1.08. The van der Waals surface area contributed by atoms with E-state index in [0.29, 0.717) is 32.7 Å². The van der Waals surface area contributed by atoms with Gasteiger partial charge in [-0.2, -0.15) is 0 Å². The Morgan fingerprint density at radius 1 is 0.962 bits per heavy atom. The van der Waals surface area contributed by atoms with Crippen molar-refractivity contribution in [2.75, 3.05) is 26.2 Å². The molecule has 0 aromatic heterocycles. The summed E-state index contributed by atoms with van der Waals surface area (Å²) >= 11 is 3.38. The van der Waals surface area contributed by atoms with Crippen LogP contribution >= 0.6 is 15.9 Å². The fourth-order valence-corrected chi connectivity index (χ4v) is 3.07. The van der Waals surface area contributed by atoms with Gasteiger partial charge in [-0.25, -0.2) is 9.18 Å². The highest BCUT2D eigenvalue weighted by Crippen LogP contribution is 2.13. The third kappa shape index (κ3) is 4.40. The number of nitrogens with one attached hydrogen (secondary N) is 1. The third-order valence-corrected chi connectivity index (χ3v) is 4.84. The first-order valence-electron chi connectivity index (χ1n) is 8.35. The molecule has 1 N–H and O–H groups in total. The topological polar surface area (TPSA) is 52.7 Å². The molecule has 0 radical (unpaired) electrons. The number of amides is 3. The van der Waals surface area contributed by atoms with Gasteiger partial charge in [-0.05, 0) is 29.8 Å². The monoisotopic (exact) mass is 419 g/mol. The molecule has 3 rings (SSSR count). The molecule has 26 heavy (non-hydrogen) atoms. The lowest BCUT2D eigenvalue weighted by atomic mass is 10.1. The minimum Gasteiger partial charge on any atom is -0.335 e. The van der Waals surface area contributed by atoms with E-state index < -0.39 is 5.82 Å². The molecule has 0 aliphatic carbocycles. The summed E-state index contributed by atoms with van der Waals surface area (Å²) < 4.78 is 14.8. The molecular formula is C19H19BrFN3O2. The van der Waals surface area contributed by atoms with Gasteiger partial charge in [-0.15, -0.1) is 0 Å². The number of carbonyl (C=O) groups is 2. The van der Waals surface area contributed by atoms with Crippen molar-refractivity contribution in [3.8, 4) is 0 Å². The molecule has 1 aliphatic rings. The summed E-state index contributed by atoms with van der Waals surface area (Å²) in [5.74, 6) is -0.856. The molecule has 136 valence electrons. The van der Waals surface area contributed by atoms with E-state index in [4.69, 9.17) is 0 Å². The van der Waals surface area contributed by atoms with E-state index in [1.807, 2.05) is 24.3 Å². The molecule has 2 aromatic carbocycles. The molecule has 1 saturated heterocycles. The van der Waals surface area contributed by atoms with Gasteiger partial charge in [-0.1, -0.05) is 40.2 Å². The number of nitrogens with zero attached hydrogens (tertiary/aromatic N) is 2. The number of piperazine rings is 1. The zero-order valence-electron chi connectivity index (χ0n) is 14.1. The van der Waals surface area contributed by atoms with E-state index in [-0.39, 0.29) is 17.5 Å². The van der Waals surface area contributed by atoms with Crippen molar-refractivity contribution in [3.05, 3.63) is 69.9 Å². The SMILES string of the molecule is O=C(NCc1ccc(Br)cc1)N1CCN(C(=O)c2ccccc2F)CC1. The molecular weight excluding hydrogens is 401 g/mol. The second-order valence-electron chi connectivity index (χ2n) is 6.04. The van der Waals surface area contributed by atoms with Crippen molar-refractivity contribution in [2.24, 2.45) is 0 Å². The average Bonchev–Trinajstić information content (AvgIpc) is 2.67. The maximum Gasteiger partial charge on any atom is 0.317 e. The number of urea groups is 1. The lowest BCUT2D eigenvalue weighted by molar-refractivity contribution is 0.0660. The second kappa shape index (κ2) is 8.31. The first kappa shape index (κ1) is 18.4. The van der Waals surface area contributed by atoms with Crippen LogP contribution in [0.15, 0.2) is 53.0 Å². The summed E-state index contributed by atoms with van der Waals surface area (Å²) in [4.78, 5) is 27.9. The van der Waals surface area contributed by atoms with Gasteiger partial charge in [0.1, 0.15) is 5.82 Å². The van der Waals surface area contributed by atoms with Crippen LogP contribution in [-0.2, 0) is 6.54 Å². The molecule has 0 atom stereocenters. The standard InChI is InChI=1S/C19H19BrFN3O2/c20-15-7-5-14(6-8-15)13-22-19(26)24-11-9-23(10-12-24)18(25)16-3-1-2-4-17(16)21/h1-8H,9-13H2,(H,22,26). The Morgan fingerprint density at radius 2 is 1.58 bits per heavy atom. The maximum absolute atomic E-state index is 13.8. The quantitative estimate of drug-likeness (QED) is 0.829. The van der Waals surface area contributed by atoms with Gasteiger partial charge < -0.3 is 15.1 Å². The van der Waals surface area contributed by atoms with E-state index in [0.717, 1.165) is 10.0 Å². The van der Waals surface area contributed by atoms with Crippen LogP contribution in [0.25, 0.3) is 0 Å². The summed E-state index contributed by atoms with van der Waals surface area (Å²) in [5, 5.41) is 2.88. The fraction of sp³-hybridized carbons (Fsp3) is 0.263. The first-order chi connectivity index (χ1) is 12.5. The third-order valence-electron chi connectivity index (χ3n) is 4.32. The molecule has 1 heterocycles. The summed E-state index contributed by atoms with van der Waals surface area (Å²) in [6.07, 6.45) is 0. The Hall–Kier alpha value is -2.41. The highest BCUT2D eigenvalue weighted by Gasteiger charge is 2.25. The zero-order valence-corrected chi connectivity index (χ0v) is 15.7. The molecule has 5 nitrogen and oxygen atoms in total. The van der Waals surface area contributed by atoms with E-state index in [2.05, 4.69) is 21.2 Å². The predicted molar refractivity (Wildman–Crippen MR) is 100 cm³/mol. The van der Waals surface area contributed by atoms with Gasteiger partial charge in [-0.3, -0.25) is 4.79 Å². The molecule has 0 saturated carbocycles. The minimum absolute atomic E-state index is 0.0700. The minimum atomic E-state index is -0.521. The molecule has 0 spiro atoms. The van der Waals surface area contributed by atoms with E-state index >= 15 is 0 Å². The normalized spacial score (nSPS) is 14.2. The Bertz CT molecular complexity index is 790. The second-order valence-corrected chi connectivity index (χ2v) is 6.96. The van der Waals surface area contributed by atoms with E-state index in [9.17, 15) is 14.0 Å². The van der Waals surface area contributed by atoms with Crippen LogP contribution in [-0.4, -0.2) is 47.9 Å².